The Bertz CT molecular complexity index is 1460. The minimum Gasteiger partial charge on any atom is -1.00 e. The van der Waals surface area contributed by atoms with Crippen molar-refractivity contribution in [2.24, 2.45) is 0 Å². The molecule has 0 spiro atoms. The summed E-state index contributed by atoms with van der Waals surface area (Å²) in [5, 5.41) is 0. The van der Waals surface area contributed by atoms with E-state index >= 15 is 0 Å². The van der Waals surface area contributed by atoms with Crippen LogP contribution in [0.15, 0.2) is 24.3 Å². The lowest BCUT2D eigenvalue weighted by molar-refractivity contribution is -0.870. The first kappa shape index (κ1) is 75.8. The highest BCUT2D eigenvalue weighted by molar-refractivity contribution is 7.48. The van der Waals surface area contributed by atoms with Crippen molar-refractivity contribution in [1.82, 2.24) is 0 Å². The number of quaternary nitrogens is 1. The summed E-state index contributed by atoms with van der Waals surface area (Å²) >= 11 is 0. The van der Waals surface area contributed by atoms with E-state index < -0.39 is 51.2 Å². The van der Waals surface area contributed by atoms with Gasteiger partial charge >= 0.3 is 31.7 Å². The number of phosphoric ester groups is 1. The van der Waals surface area contributed by atoms with Gasteiger partial charge in [0, 0.05) is 12.8 Å². The quantitative estimate of drug-likeness (QED) is 0.0108. The molecule has 0 saturated heterocycles. The summed E-state index contributed by atoms with van der Waals surface area (Å²) in [6.45, 7) is 5.92. The Morgan fingerprint density at radius 2 is 0.763 bits per heavy atom. The van der Waals surface area contributed by atoms with Crippen molar-refractivity contribution in [2.45, 2.75) is 284 Å². The second kappa shape index (κ2) is 56.0. The highest BCUT2D eigenvalue weighted by Crippen LogP contribution is 2.49. The summed E-state index contributed by atoms with van der Waals surface area (Å²) in [6.07, 6.45) is 49.7. The molecule has 0 N–H and O–H groups in total. The average molecular weight is 1120 g/mol. The van der Waals surface area contributed by atoms with Gasteiger partial charge in [-0.15, -0.1) is 0 Å². The number of halogens is 1. The van der Waals surface area contributed by atoms with Gasteiger partial charge in [0.05, 0.1) is 47.2 Å². The van der Waals surface area contributed by atoms with Crippen molar-refractivity contribution >= 4 is 31.7 Å². The molecule has 0 aliphatic rings. The minimum atomic E-state index is -4.40. The van der Waals surface area contributed by atoms with Gasteiger partial charge in [-0.05, 0) is 70.6 Å². The molecule has 0 radical (unpaired) electrons. The maximum absolute atomic E-state index is 14.0. The fraction of sp³-hybridized carbons (Fsp3) is 0.869. The molecule has 448 valence electrons. The molecule has 0 fully saturated rings. The number of carbonyl (C=O) groups excluding carboxylic acids is 4. The lowest BCUT2D eigenvalue weighted by atomic mass is 10.1. The number of allylic oxidation sites excluding steroid dienone is 4. The van der Waals surface area contributed by atoms with Gasteiger partial charge in [-0.3, -0.25) is 28.2 Å². The third kappa shape index (κ3) is 56.4. The molecule has 0 aromatic carbocycles. The van der Waals surface area contributed by atoms with E-state index in [-0.39, 0.29) is 51.3 Å². The van der Waals surface area contributed by atoms with E-state index in [1.54, 1.807) is 0 Å². The molecule has 0 aromatic heterocycles. The van der Waals surface area contributed by atoms with Crippen LogP contribution in [-0.2, 0) is 56.3 Å². The van der Waals surface area contributed by atoms with Gasteiger partial charge < -0.3 is 35.8 Å². The summed E-state index contributed by atoms with van der Waals surface area (Å²) in [7, 11) is 1.42. The van der Waals surface area contributed by atoms with Crippen molar-refractivity contribution < 1.29 is 73.2 Å². The zero-order chi connectivity index (χ0) is 55.2. The third-order valence-corrected chi connectivity index (χ3v) is 14.6. The summed E-state index contributed by atoms with van der Waals surface area (Å²) in [5.74, 6) is -2.14. The Morgan fingerprint density at radius 3 is 1.20 bits per heavy atom. The second-order valence-corrected chi connectivity index (χ2v) is 23.4. The Labute approximate surface area is 471 Å². The monoisotopic (exact) mass is 1120 g/mol. The fourth-order valence-electron chi connectivity index (χ4n) is 8.29. The van der Waals surface area contributed by atoms with Crippen LogP contribution in [0.5, 0.6) is 0 Å². The number of likely N-dealkylation sites (N-methyl/N-ethyl adjacent to an activating group) is 1. The molecule has 0 amide bonds. The van der Waals surface area contributed by atoms with Crippen molar-refractivity contribution in [3.8, 4) is 0 Å². The molecule has 0 heterocycles. The van der Waals surface area contributed by atoms with Crippen LogP contribution in [0.3, 0.4) is 0 Å². The number of rotatable bonds is 57. The highest BCUT2D eigenvalue weighted by Gasteiger charge is 2.31. The first-order chi connectivity index (χ1) is 36.3. The van der Waals surface area contributed by atoms with Crippen LogP contribution in [0.4, 0.5) is 0 Å². The van der Waals surface area contributed by atoms with E-state index in [0.29, 0.717) is 30.5 Å². The Balaban J connectivity index is 0. The number of nitrogens with zero attached hydrogens (tertiary/aromatic N) is 1. The Hall–Kier alpha value is -2.28. The number of hydrogen-bond acceptors (Lipinski definition) is 12. The van der Waals surface area contributed by atoms with Crippen molar-refractivity contribution in [1.29, 1.82) is 0 Å². The number of hydrogen-bond donors (Lipinski definition) is 0. The van der Waals surface area contributed by atoms with E-state index in [0.717, 1.165) is 96.3 Å². The molecule has 0 aliphatic heterocycles. The van der Waals surface area contributed by atoms with Gasteiger partial charge in [-0.1, -0.05) is 206 Å². The van der Waals surface area contributed by atoms with Crippen molar-refractivity contribution in [3.63, 3.8) is 0 Å². The smallest absolute Gasteiger partial charge is 0.478 e. The first-order valence-corrected chi connectivity index (χ1v) is 32.1. The standard InChI is InChI=1S/C61H115NO12P.ClH/c1-7-10-13-16-19-22-25-27-29-31-33-35-38-41-44-47-58(63)69-54-57(74-61(66)48-45-42-39-36-34-32-30-28-26-23-20-17-14-11-8-2)55-72-75(67,71-53-51-62(4,5)6)73-56-70-60(65)50-49-59(64)68-52-46-43-40-37-24-21-18-15-12-9-3;/h27-30,57H,7-26,31-56H2,1-6H3;1H/q+1;/p-1/b29-27-,30-28-;/t57-,75?;/m1./s1. The molecule has 2 atom stereocenters. The molecule has 0 rings (SSSR count). The topological polar surface area (TPSA) is 150 Å². The number of unbranched alkanes of at least 4 members (excludes halogenated alkanes) is 31. The van der Waals surface area contributed by atoms with Crippen LogP contribution < -0.4 is 12.4 Å². The van der Waals surface area contributed by atoms with Gasteiger partial charge in [0.25, 0.3) is 0 Å². The van der Waals surface area contributed by atoms with Crippen LogP contribution in [0.1, 0.15) is 278 Å². The molecule has 15 heteroatoms. The van der Waals surface area contributed by atoms with E-state index in [9.17, 15) is 23.7 Å². The van der Waals surface area contributed by atoms with E-state index in [1.807, 2.05) is 21.1 Å². The third-order valence-electron chi connectivity index (χ3n) is 13.2. The van der Waals surface area contributed by atoms with E-state index in [1.165, 1.54) is 122 Å². The SMILES string of the molecule is CCCCCCCC/C=C\CCCCCCCC(=O)OC[C@H](COP(=O)(OCC[N+](C)(C)C)OCOC(=O)CCC(=O)OCCCCCCCCCCCC)OC(=O)CCCCCCC/C=C\CCCCCCCC.[Cl-]. The maximum atomic E-state index is 14.0. The normalized spacial score (nSPS) is 12.9. The molecular weight excluding hydrogens is 1010 g/mol. The van der Waals surface area contributed by atoms with Crippen LogP contribution in [0.2, 0.25) is 0 Å². The average Bonchev–Trinajstić information content (AvgIpc) is 3.37. The minimum absolute atomic E-state index is 0. The lowest BCUT2D eigenvalue weighted by Gasteiger charge is -2.25. The highest BCUT2D eigenvalue weighted by atomic mass is 35.5. The number of esters is 4. The second-order valence-electron chi connectivity index (χ2n) is 21.7. The van der Waals surface area contributed by atoms with Gasteiger partial charge in [-0.2, -0.15) is 0 Å². The zero-order valence-corrected chi connectivity index (χ0v) is 51.2. The van der Waals surface area contributed by atoms with Crippen molar-refractivity contribution in [3.05, 3.63) is 24.3 Å². The zero-order valence-electron chi connectivity index (χ0n) is 49.6. The fourth-order valence-corrected chi connectivity index (χ4v) is 9.35. The Kier molecular flexibility index (Phi) is 55.9. The predicted molar refractivity (Wildman–Crippen MR) is 306 cm³/mol. The molecule has 76 heavy (non-hydrogen) atoms. The molecule has 0 aromatic rings. The summed E-state index contributed by atoms with van der Waals surface area (Å²) in [5.41, 5.74) is 0. The molecule has 0 bridgehead atoms. The number of carbonyl (C=O) groups is 4. The first-order valence-electron chi connectivity index (χ1n) is 30.6. The largest absolute Gasteiger partial charge is 1.00 e. The number of phosphoric acid groups is 1. The van der Waals surface area contributed by atoms with Gasteiger partial charge in [0.15, 0.2) is 6.10 Å². The van der Waals surface area contributed by atoms with Gasteiger partial charge in [-0.25, -0.2) is 9.09 Å². The van der Waals surface area contributed by atoms with Gasteiger partial charge in [0.2, 0.25) is 6.79 Å². The summed E-state index contributed by atoms with van der Waals surface area (Å²) in [6, 6.07) is 0. The molecule has 1 unspecified atom stereocenters. The van der Waals surface area contributed by atoms with E-state index in [2.05, 4.69) is 45.1 Å². The van der Waals surface area contributed by atoms with Crippen LogP contribution in [0, 0.1) is 0 Å². The summed E-state index contributed by atoms with van der Waals surface area (Å²) in [4.78, 5) is 50.8. The van der Waals surface area contributed by atoms with Crippen LogP contribution in [-0.4, -0.2) is 95.4 Å². The summed E-state index contributed by atoms with van der Waals surface area (Å²) < 4.78 is 53.0. The molecule has 0 saturated carbocycles. The van der Waals surface area contributed by atoms with Crippen LogP contribution in [0.25, 0.3) is 0 Å². The van der Waals surface area contributed by atoms with Crippen LogP contribution >= 0.6 is 7.82 Å². The molecule has 13 nitrogen and oxygen atoms in total. The molecular formula is C61H115ClNO12P. The Morgan fingerprint density at radius 1 is 0.395 bits per heavy atom. The molecule has 0 aliphatic carbocycles. The number of ether oxygens (including phenoxy) is 4. The van der Waals surface area contributed by atoms with E-state index in [4.69, 9.17) is 32.5 Å². The maximum Gasteiger partial charge on any atom is 0.478 e. The van der Waals surface area contributed by atoms with Crippen molar-refractivity contribution in [2.75, 3.05) is 60.9 Å². The predicted octanol–water partition coefficient (Wildman–Crippen LogP) is 14.1. The lowest BCUT2D eigenvalue weighted by Crippen LogP contribution is -3.00. The van der Waals surface area contributed by atoms with Gasteiger partial charge in [0.1, 0.15) is 19.8 Å².